The fourth-order valence-electron chi connectivity index (χ4n) is 2.37. The van der Waals surface area contributed by atoms with Crippen molar-refractivity contribution in [2.24, 2.45) is 5.41 Å². The Morgan fingerprint density at radius 1 is 1.42 bits per heavy atom. The van der Waals surface area contributed by atoms with Gasteiger partial charge in [0.1, 0.15) is 5.82 Å². The smallest absolute Gasteiger partial charge is 0.310 e. The van der Waals surface area contributed by atoms with Crippen LogP contribution in [0.1, 0.15) is 32.3 Å². The highest BCUT2D eigenvalue weighted by Gasteiger charge is 2.33. The summed E-state index contributed by atoms with van der Waals surface area (Å²) in [6.07, 6.45) is 1.43. The molecule has 1 N–H and O–H groups in total. The standard InChI is InChI=1S/C15H22FNO2/c1-4-9-15(2,14(18)19)11-17(3)10-12-7-5-6-8-13(12)16/h5-8H,4,9-11H2,1-3H3,(H,18,19). The average Bonchev–Trinajstić information content (AvgIpc) is 2.32. The topological polar surface area (TPSA) is 40.5 Å². The largest absolute Gasteiger partial charge is 0.481 e. The molecule has 4 heteroatoms. The number of hydrogen-bond acceptors (Lipinski definition) is 2. The molecule has 0 aromatic heterocycles. The van der Waals surface area contributed by atoms with Crippen LogP contribution in [-0.4, -0.2) is 29.6 Å². The first-order valence-corrected chi connectivity index (χ1v) is 6.54. The highest BCUT2D eigenvalue weighted by molar-refractivity contribution is 5.74. The van der Waals surface area contributed by atoms with E-state index in [2.05, 4.69) is 0 Å². The molecule has 0 heterocycles. The van der Waals surface area contributed by atoms with Crippen LogP contribution in [0.2, 0.25) is 0 Å². The first kappa shape index (κ1) is 15.6. The molecule has 0 aliphatic heterocycles. The van der Waals surface area contributed by atoms with Crippen molar-refractivity contribution < 1.29 is 14.3 Å². The van der Waals surface area contributed by atoms with Gasteiger partial charge in [0.25, 0.3) is 0 Å². The fourth-order valence-corrected chi connectivity index (χ4v) is 2.37. The summed E-state index contributed by atoms with van der Waals surface area (Å²) in [7, 11) is 1.82. The molecule has 0 radical (unpaired) electrons. The first-order valence-electron chi connectivity index (χ1n) is 6.54. The fraction of sp³-hybridized carbons (Fsp3) is 0.533. The van der Waals surface area contributed by atoms with Crippen LogP contribution in [0.5, 0.6) is 0 Å². The minimum atomic E-state index is -0.797. The number of halogens is 1. The number of benzene rings is 1. The van der Waals surface area contributed by atoms with E-state index in [0.29, 0.717) is 25.1 Å². The molecule has 1 rings (SSSR count). The van der Waals surface area contributed by atoms with E-state index in [9.17, 15) is 14.3 Å². The molecule has 106 valence electrons. The van der Waals surface area contributed by atoms with E-state index >= 15 is 0 Å². The Hall–Kier alpha value is -1.42. The summed E-state index contributed by atoms with van der Waals surface area (Å²) in [6, 6.07) is 6.58. The second-order valence-corrected chi connectivity index (χ2v) is 5.38. The second kappa shape index (κ2) is 6.66. The summed E-state index contributed by atoms with van der Waals surface area (Å²) in [5, 5.41) is 9.33. The molecule has 1 unspecified atom stereocenters. The predicted octanol–water partition coefficient (Wildman–Crippen LogP) is 3.15. The lowest BCUT2D eigenvalue weighted by Gasteiger charge is -2.30. The summed E-state index contributed by atoms with van der Waals surface area (Å²) in [6.45, 7) is 4.54. The molecule has 0 bridgehead atoms. The Morgan fingerprint density at radius 2 is 2.05 bits per heavy atom. The zero-order valence-corrected chi connectivity index (χ0v) is 11.8. The number of aliphatic carboxylic acids is 1. The minimum absolute atomic E-state index is 0.248. The van der Waals surface area contributed by atoms with Gasteiger partial charge in [-0.3, -0.25) is 4.79 Å². The van der Waals surface area contributed by atoms with Gasteiger partial charge in [0.15, 0.2) is 0 Å². The number of carboxylic acids is 1. The second-order valence-electron chi connectivity index (χ2n) is 5.38. The SMILES string of the molecule is CCCC(C)(CN(C)Cc1ccccc1F)C(=O)O. The molecule has 3 nitrogen and oxygen atoms in total. The molecule has 0 saturated heterocycles. The maximum absolute atomic E-state index is 13.5. The third-order valence-corrected chi connectivity index (χ3v) is 3.34. The Kier molecular flexibility index (Phi) is 5.48. The van der Waals surface area contributed by atoms with Gasteiger partial charge in [-0.05, 0) is 26.5 Å². The molecule has 1 aromatic rings. The van der Waals surface area contributed by atoms with Crippen molar-refractivity contribution in [2.45, 2.75) is 33.2 Å². The minimum Gasteiger partial charge on any atom is -0.481 e. The van der Waals surface area contributed by atoms with Crippen LogP contribution in [0.25, 0.3) is 0 Å². The highest BCUT2D eigenvalue weighted by atomic mass is 19.1. The Labute approximate surface area is 114 Å². The van der Waals surface area contributed by atoms with Crippen molar-refractivity contribution in [2.75, 3.05) is 13.6 Å². The maximum atomic E-state index is 13.5. The van der Waals surface area contributed by atoms with Gasteiger partial charge in [-0.25, -0.2) is 4.39 Å². The zero-order valence-electron chi connectivity index (χ0n) is 11.8. The monoisotopic (exact) mass is 267 g/mol. The maximum Gasteiger partial charge on any atom is 0.310 e. The average molecular weight is 267 g/mol. The van der Waals surface area contributed by atoms with Gasteiger partial charge in [0, 0.05) is 18.7 Å². The van der Waals surface area contributed by atoms with Crippen LogP contribution in [-0.2, 0) is 11.3 Å². The highest BCUT2D eigenvalue weighted by Crippen LogP contribution is 2.25. The lowest BCUT2D eigenvalue weighted by atomic mass is 9.85. The van der Waals surface area contributed by atoms with Gasteiger partial charge in [-0.15, -0.1) is 0 Å². The van der Waals surface area contributed by atoms with Gasteiger partial charge in [-0.2, -0.15) is 0 Å². The van der Waals surface area contributed by atoms with Crippen LogP contribution < -0.4 is 0 Å². The molecular weight excluding hydrogens is 245 g/mol. The summed E-state index contributed by atoms with van der Waals surface area (Å²) in [5.41, 5.74) is -0.191. The van der Waals surface area contributed by atoms with E-state index in [1.54, 1.807) is 25.1 Å². The quantitative estimate of drug-likeness (QED) is 0.825. The molecule has 0 spiro atoms. The van der Waals surface area contributed by atoms with Gasteiger partial charge in [-0.1, -0.05) is 31.5 Å². The van der Waals surface area contributed by atoms with E-state index in [0.717, 1.165) is 6.42 Å². The van der Waals surface area contributed by atoms with Crippen molar-refractivity contribution in [3.05, 3.63) is 35.6 Å². The third-order valence-electron chi connectivity index (χ3n) is 3.34. The Balaban J connectivity index is 2.71. The summed E-state index contributed by atoms with van der Waals surface area (Å²) in [5.74, 6) is -1.04. The predicted molar refractivity (Wildman–Crippen MR) is 73.4 cm³/mol. The van der Waals surface area contributed by atoms with Crippen molar-refractivity contribution in [3.8, 4) is 0 Å². The van der Waals surface area contributed by atoms with Crippen molar-refractivity contribution >= 4 is 5.97 Å². The van der Waals surface area contributed by atoms with Crippen LogP contribution in [0, 0.1) is 11.2 Å². The lowest BCUT2D eigenvalue weighted by Crippen LogP contribution is -2.39. The van der Waals surface area contributed by atoms with E-state index in [1.807, 2.05) is 18.9 Å². The number of rotatable bonds is 7. The molecule has 0 aliphatic rings. The van der Waals surface area contributed by atoms with Crippen LogP contribution in [0.4, 0.5) is 4.39 Å². The molecule has 1 atom stereocenters. The number of carboxylic acid groups (broad SMARTS) is 1. The summed E-state index contributed by atoms with van der Waals surface area (Å²) < 4.78 is 13.5. The van der Waals surface area contributed by atoms with Gasteiger partial charge >= 0.3 is 5.97 Å². The van der Waals surface area contributed by atoms with Crippen molar-refractivity contribution in [1.29, 1.82) is 0 Å². The van der Waals surface area contributed by atoms with E-state index in [1.165, 1.54) is 6.07 Å². The van der Waals surface area contributed by atoms with Crippen molar-refractivity contribution in [1.82, 2.24) is 4.90 Å². The van der Waals surface area contributed by atoms with E-state index < -0.39 is 11.4 Å². The summed E-state index contributed by atoms with van der Waals surface area (Å²) in [4.78, 5) is 13.2. The van der Waals surface area contributed by atoms with Crippen LogP contribution in [0.15, 0.2) is 24.3 Å². The van der Waals surface area contributed by atoms with Crippen LogP contribution >= 0.6 is 0 Å². The number of carbonyl (C=O) groups is 1. The van der Waals surface area contributed by atoms with E-state index in [-0.39, 0.29) is 5.82 Å². The zero-order chi connectivity index (χ0) is 14.5. The molecule has 0 fully saturated rings. The molecule has 0 amide bonds. The Bertz CT molecular complexity index is 436. The van der Waals surface area contributed by atoms with Gasteiger partial charge in [0.05, 0.1) is 5.41 Å². The lowest BCUT2D eigenvalue weighted by molar-refractivity contribution is -0.149. The number of nitrogens with zero attached hydrogens (tertiary/aromatic N) is 1. The third kappa shape index (κ3) is 4.31. The molecule has 0 aliphatic carbocycles. The van der Waals surface area contributed by atoms with Gasteiger partial charge in [0.2, 0.25) is 0 Å². The molecule has 0 saturated carbocycles. The summed E-state index contributed by atoms with van der Waals surface area (Å²) >= 11 is 0. The van der Waals surface area contributed by atoms with Crippen molar-refractivity contribution in [3.63, 3.8) is 0 Å². The number of hydrogen-bond donors (Lipinski definition) is 1. The molecule has 1 aromatic carbocycles. The normalized spacial score (nSPS) is 14.4. The first-order chi connectivity index (χ1) is 8.89. The molecule has 19 heavy (non-hydrogen) atoms. The van der Waals surface area contributed by atoms with Gasteiger partial charge < -0.3 is 10.0 Å². The van der Waals surface area contributed by atoms with Crippen LogP contribution in [0.3, 0.4) is 0 Å². The Morgan fingerprint density at radius 3 is 2.58 bits per heavy atom. The molecular formula is C15H22FNO2. The van der Waals surface area contributed by atoms with E-state index in [4.69, 9.17) is 0 Å².